The third kappa shape index (κ3) is 3.14. The van der Waals surface area contributed by atoms with E-state index in [1.807, 2.05) is 44.0 Å². The maximum Gasteiger partial charge on any atom is 0.258 e. The molecule has 1 aromatic carbocycles. The standard InChI is InChI=1S/C20H22N6OS/c1-10-12(3)28-20-16(10)17(21)24-18(25-20)11(2)26(4)9-15-22-14-8-6-5-7-13(14)19(27)23-15/h5-8,11H,9H2,1-4H3,(H2,21,24,25)(H,22,23,27). The summed E-state index contributed by atoms with van der Waals surface area (Å²) in [5, 5.41) is 1.54. The maximum absolute atomic E-state index is 12.3. The first-order valence-corrected chi connectivity index (χ1v) is 9.88. The lowest BCUT2D eigenvalue weighted by Crippen LogP contribution is -2.26. The van der Waals surface area contributed by atoms with Gasteiger partial charge < -0.3 is 10.7 Å². The van der Waals surface area contributed by atoms with Crippen LogP contribution in [0.15, 0.2) is 29.1 Å². The van der Waals surface area contributed by atoms with Gasteiger partial charge in [0.05, 0.1) is 28.9 Å². The first kappa shape index (κ1) is 18.5. The molecule has 0 saturated heterocycles. The topological polar surface area (TPSA) is 101 Å². The van der Waals surface area contributed by atoms with Gasteiger partial charge in [0.1, 0.15) is 22.3 Å². The van der Waals surface area contributed by atoms with Crippen molar-refractivity contribution in [1.29, 1.82) is 0 Å². The second-order valence-corrected chi connectivity index (χ2v) is 8.25. The molecule has 3 N–H and O–H groups in total. The molecule has 0 amide bonds. The van der Waals surface area contributed by atoms with Crippen LogP contribution < -0.4 is 11.3 Å². The van der Waals surface area contributed by atoms with Crippen molar-refractivity contribution in [2.24, 2.45) is 0 Å². The highest BCUT2D eigenvalue weighted by Crippen LogP contribution is 2.33. The number of para-hydroxylation sites is 1. The van der Waals surface area contributed by atoms with E-state index in [4.69, 9.17) is 10.7 Å². The van der Waals surface area contributed by atoms with Gasteiger partial charge in [-0.3, -0.25) is 9.69 Å². The number of rotatable bonds is 4. The fraction of sp³-hybridized carbons (Fsp3) is 0.300. The number of thiophene rings is 1. The Labute approximate surface area is 166 Å². The lowest BCUT2D eigenvalue weighted by Gasteiger charge is -2.23. The molecule has 8 heteroatoms. The number of nitrogens with zero attached hydrogens (tertiary/aromatic N) is 4. The molecule has 3 heterocycles. The highest BCUT2D eigenvalue weighted by atomic mass is 32.1. The zero-order valence-electron chi connectivity index (χ0n) is 16.3. The number of nitrogens with two attached hydrogens (primary N) is 1. The van der Waals surface area contributed by atoms with Gasteiger partial charge >= 0.3 is 0 Å². The normalized spacial score (nSPS) is 12.9. The van der Waals surface area contributed by atoms with Crippen molar-refractivity contribution in [1.82, 2.24) is 24.8 Å². The molecule has 4 rings (SSSR count). The van der Waals surface area contributed by atoms with Crippen LogP contribution in [0.3, 0.4) is 0 Å². The number of aromatic amines is 1. The van der Waals surface area contributed by atoms with Crippen LogP contribution >= 0.6 is 11.3 Å². The number of aromatic nitrogens is 4. The van der Waals surface area contributed by atoms with Gasteiger partial charge in [-0.25, -0.2) is 15.0 Å². The van der Waals surface area contributed by atoms with Gasteiger partial charge in [0, 0.05) is 4.88 Å². The fourth-order valence-electron chi connectivity index (χ4n) is 3.26. The van der Waals surface area contributed by atoms with Crippen molar-refractivity contribution in [2.45, 2.75) is 33.4 Å². The van der Waals surface area contributed by atoms with Crippen LogP contribution in [0.1, 0.15) is 35.1 Å². The number of hydrogen-bond acceptors (Lipinski definition) is 7. The average Bonchev–Trinajstić information content (AvgIpc) is 2.95. The molecule has 0 spiro atoms. The molecule has 1 unspecified atom stereocenters. The largest absolute Gasteiger partial charge is 0.383 e. The summed E-state index contributed by atoms with van der Waals surface area (Å²) < 4.78 is 0. The van der Waals surface area contributed by atoms with Crippen LogP contribution in [0.2, 0.25) is 0 Å². The van der Waals surface area contributed by atoms with Gasteiger partial charge in [0.15, 0.2) is 0 Å². The van der Waals surface area contributed by atoms with Crippen molar-refractivity contribution in [3.8, 4) is 0 Å². The number of fused-ring (bicyclic) bond motifs is 2. The lowest BCUT2D eigenvalue weighted by molar-refractivity contribution is 0.238. The van der Waals surface area contributed by atoms with Crippen molar-refractivity contribution in [3.63, 3.8) is 0 Å². The Balaban J connectivity index is 1.64. The molecular weight excluding hydrogens is 372 g/mol. The number of hydrogen-bond donors (Lipinski definition) is 2. The van der Waals surface area contributed by atoms with Crippen LogP contribution in [-0.2, 0) is 6.54 Å². The summed E-state index contributed by atoms with van der Waals surface area (Å²) in [6.45, 7) is 6.60. The van der Waals surface area contributed by atoms with Crippen LogP contribution in [0.25, 0.3) is 21.1 Å². The van der Waals surface area contributed by atoms with Gasteiger partial charge in [0.25, 0.3) is 5.56 Å². The van der Waals surface area contributed by atoms with E-state index in [1.54, 1.807) is 17.4 Å². The van der Waals surface area contributed by atoms with Crippen molar-refractivity contribution in [3.05, 3.63) is 56.7 Å². The predicted octanol–water partition coefficient (Wildman–Crippen LogP) is 3.32. The minimum Gasteiger partial charge on any atom is -0.383 e. The average molecular weight is 395 g/mol. The van der Waals surface area contributed by atoms with Crippen molar-refractivity contribution in [2.75, 3.05) is 12.8 Å². The molecule has 4 aromatic rings. The van der Waals surface area contributed by atoms with E-state index in [9.17, 15) is 4.79 Å². The van der Waals surface area contributed by atoms with Crippen LogP contribution in [0.5, 0.6) is 0 Å². The van der Waals surface area contributed by atoms with E-state index in [0.29, 0.717) is 34.9 Å². The SMILES string of the molecule is Cc1sc2nc(C(C)N(C)Cc3nc4ccccc4c(=O)[nH]3)nc(N)c2c1C. The Hall–Kier alpha value is -2.84. The van der Waals surface area contributed by atoms with E-state index in [0.717, 1.165) is 15.8 Å². The van der Waals surface area contributed by atoms with Crippen LogP contribution in [-0.4, -0.2) is 31.9 Å². The van der Waals surface area contributed by atoms with Crippen molar-refractivity contribution < 1.29 is 0 Å². The summed E-state index contributed by atoms with van der Waals surface area (Å²) in [7, 11) is 1.95. The molecule has 0 aliphatic heterocycles. The second-order valence-electron chi connectivity index (χ2n) is 7.05. The van der Waals surface area contributed by atoms with E-state index in [1.165, 1.54) is 4.88 Å². The summed E-state index contributed by atoms with van der Waals surface area (Å²) in [5.41, 5.74) is 7.92. The Morgan fingerprint density at radius 1 is 1.21 bits per heavy atom. The molecule has 0 radical (unpaired) electrons. The van der Waals surface area contributed by atoms with E-state index < -0.39 is 0 Å². The zero-order chi connectivity index (χ0) is 20.0. The number of H-pyrrole nitrogens is 1. The Morgan fingerprint density at radius 2 is 1.96 bits per heavy atom. The van der Waals surface area contributed by atoms with Gasteiger partial charge in [0.2, 0.25) is 0 Å². The van der Waals surface area contributed by atoms with Crippen molar-refractivity contribution >= 4 is 38.3 Å². The molecule has 0 aliphatic carbocycles. The van der Waals surface area contributed by atoms with Gasteiger partial charge in [-0.2, -0.15) is 0 Å². The summed E-state index contributed by atoms with van der Waals surface area (Å²) in [6.07, 6.45) is 0. The zero-order valence-corrected chi connectivity index (χ0v) is 17.1. The molecule has 0 fully saturated rings. The van der Waals surface area contributed by atoms with Gasteiger partial charge in [-0.05, 0) is 45.5 Å². The molecule has 0 saturated carbocycles. The number of benzene rings is 1. The number of aryl methyl sites for hydroxylation is 2. The molecular formula is C20H22N6OS. The molecule has 7 nitrogen and oxygen atoms in total. The summed E-state index contributed by atoms with van der Waals surface area (Å²) in [6, 6.07) is 7.23. The highest BCUT2D eigenvalue weighted by molar-refractivity contribution is 7.18. The Kier molecular flexibility index (Phi) is 4.60. The minimum absolute atomic E-state index is 0.0915. The number of anilines is 1. The second kappa shape index (κ2) is 6.96. The van der Waals surface area contributed by atoms with Gasteiger partial charge in [-0.15, -0.1) is 11.3 Å². The monoisotopic (exact) mass is 394 g/mol. The molecule has 0 bridgehead atoms. The summed E-state index contributed by atoms with van der Waals surface area (Å²) >= 11 is 1.63. The molecule has 0 aliphatic rings. The molecule has 28 heavy (non-hydrogen) atoms. The highest BCUT2D eigenvalue weighted by Gasteiger charge is 2.20. The number of nitrogens with one attached hydrogen (secondary N) is 1. The maximum atomic E-state index is 12.3. The molecule has 1 atom stereocenters. The lowest BCUT2D eigenvalue weighted by atomic mass is 10.2. The van der Waals surface area contributed by atoms with Gasteiger partial charge in [-0.1, -0.05) is 12.1 Å². The van der Waals surface area contributed by atoms with E-state index >= 15 is 0 Å². The van der Waals surface area contributed by atoms with E-state index in [2.05, 4.69) is 21.9 Å². The summed E-state index contributed by atoms with van der Waals surface area (Å²) in [4.78, 5) is 33.2. The first-order chi connectivity index (χ1) is 13.3. The fourth-order valence-corrected chi connectivity index (χ4v) is 4.31. The minimum atomic E-state index is -0.131. The smallest absolute Gasteiger partial charge is 0.258 e. The Bertz CT molecular complexity index is 1240. The van der Waals surface area contributed by atoms with E-state index in [-0.39, 0.29) is 11.6 Å². The molecule has 3 aromatic heterocycles. The Morgan fingerprint density at radius 3 is 2.75 bits per heavy atom. The third-order valence-electron chi connectivity index (χ3n) is 5.17. The first-order valence-electron chi connectivity index (χ1n) is 9.06. The third-order valence-corrected chi connectivity index (χ3v) is 6.27. The summed E-state index contributed by atoms with van der Waals surface area (Å²) in [5.74, 6) is 1.78. The predicted molar refractivity (Wildman–Crippen MR) is 114 cm³/mol. The molecule has 144 valence electrons. The van der Waals surface area contributed by atoms with Crippen LogP contribution in [0.4, 0.5) is 5.82 Å². The number of nitrogen functional groups attached to an aromatic ring is 1. The van der Waals surface area contributed by atoms with Crippen LogP contribution in [0, 0.1) is 13.8 Å². The quantitative estimate of drug-likeness (QED) is 0.551.